The van der Waals surface area contributed by atoms with Crippen LogP contribution in [0.15, 0.2) is 24.3 Å². The summed E-state index contributed by atoms with van der Waals surface area (Å²) in [5, 5.41) is 0. The van der Waals surface area contributed by atoms with Gasteiger partial charge in [0.25, 0.3) is 0 Å². The van der Waals surface area contributed by atoms with E-state index in [1.54, 1.807) is 12.1 Å². The molecule has 0 bridgehead atoms. The Bertz CT molecular complexity index is 417. The van der Waals surface area contributed by atoms with Crippen LogP contribution in [0.5, 0.6) is 0 Å². The molecule has 1 unspecified atom stereocenters. The normalized spacial score (nSPS) is 19.5. The van der Waals surface area contributed by atoms with E-state index in [9.17, 15) is 9.18 Å². The van der Waals surface area contributed by atoms with Crippen molar-refractivity contribution in [3.05, 3.63) is 35.6 Å². The second-order valence-electron chi connectivity index (χ2n) is 5.23. The SMILES string of the molecule is NCCC1CCCN(C(=O)Cc2ccc(F)cc2)C1. The van der Waals surface area contributed by atoms with Crippen molar-refractivity contribution in [1.82, 2.24) is 4.90 Å². The molecule has 1 saturated heterocycles. The van der Waals surface area contributed by atoms with E-state index >= 15 is 0 Å². The first kappa shape index (κ1) is 14.0. The molecule has 0 spiro atoms. The Hall–Kier alpha value is -1.42. The summed E-state index contributed by atoms with van der Waals surface area (Å²) >= 11 is 0. The Morgan fingerprint density at radius 2 is 2.11 bits per heavy atom. The van der Waals surface area contributed by atoms with Gasteiger partial charge < -0.3 is 10.6 Å². The van der Waals surface area contributed by atoms with E-state index in [0.717, 1.165) is 37.9 Å². The van der Waals surface area contributed by atoms with Crippen LogP contribution in [0.1, 0.15) is 24.8 Å². The van der Waals surface area contributed by atoms with Gasteiger partial charge in [0.05, 0.1) is 6.42 Å². The number of hydrogen-bond acceptors (Lipinski definition) is 2. The largest absolute Gasteiger partial charge is 0.342 e. The van der Waals surface area contributed by atoms with Crippen LogP contribution in [0.4, 0.5) is 4.39 Å². The third-order valence-electron chi connectivity index (χ3n) is 3.72. The fourth-order valence-corrected chi connectivity index (χ4v) is 2.65. The summed E-state index contributed by atoms with van der Waals surface area (Å²) in [7, 11) is 0. The number of benzene rings is 1. The number of carbonyl (C=O) groups is 1. The molecule has 0 aromatic heterocycles. The van der Waals surface area contributed by atoms with Crippen LogP contribution >= 0.6 is 0 Å². The van der Waals surface area contributed by atoms with Crippen molar-refractivity contribution in [3.8, 4) is 0 Å². The molecule has 4 heteroatoms. The fourth-order valence-electron chi connectivity index (χ4n) is 2.65. The maximum atomic E-state index is 12.8. The molecule has 0 radical (unpaired) electrons. The lowest BCUT2D eigenvalue weighted by Crippen LogP contribution is -2.41. The lowest BCUT2D eigenvalue weighted by Gasteiger charge is -2.32. The summed E-state index contributed by atoms with van der Waals surface area (Å²) in [6.45, 7) is 2.34. The van der Waals surface area contributed by atoms with Gasteiger partial charge in [-0.1, -0.05) is 12.1 Å². The Balaban J connectivity index is 1.90. The van der Waals surface area contributed by atoms with Crippen molar-refractivity contribution in [2.24, 2.45) is 11.7 Å². The second-order valence-corrected chi connectivity index (χ2v) is 5.23. The van der Waals surface area contributed by atoms with Crippen molar-refractivity contribution in [2.45, 2.75) is 25.7 Å². The lowest BCUT2D eigenvalue weighted by atomic mass is 9.94. The quantitative estimate of drug-likeness (QED) is 0.903. The number of likely N-dealkylation sites (tertiary alicyclic amines) is 1. The van der Waals surface area contributed by atoms with Crippen LogP contribution in [-0.2, 0) is 11.2 Å². The van der Waals surface area contributed by atoms with Gasteiger partial charge in [-0.25, -0.2) is 4.39 Å². The smallest absolute Gasteiger partial charge is 0.226 e. The highest BCUT2D eigenvalue weighted by molar-refractivity contribution is 5.78. The Kier molecular flexibility index (Phi) is 4.91. The van der Waals surface area contributed by atoms with Crippen LogP contribution in [-0.4, -0.2) is 30.4 Å². The van der Waals surface area contributed by atoms with Gasteiger partial charge in [-0.05, 0) is 49.4 Å². The van der Waals surface area contributed by atoms with Crippen LogP contribution in [0.2, 0.25) is 0 Å². The molecule has 1 aliphatic rings. The number of halogens is 1. The van der Waals surface area contributed by atoms with Gasteiger partial charge in [-0.15, -0.1) is 0 Å². The number of nitrogens with two attached hydrogens (primary N) is 1. The first-order valence-corrected chi connectivity index (χ1v) is 6.91. The Morgan fingerprint density at radius 1 is 1.37 bits per heavy atom. The van der Waals surface area contributed by atoms with Gasteiger partial charge in [-0.2, -0.15) is 0 Å². The minimum atomic E-state index is -0.266. The third kappa shape index (κ3) is 4.03. The van der Waals surface area contributed by atoms with Gasteiger partial charge >= 0.3 is 0 Å². The molecule has 2 rings (SSSR count). The highest BCUT2D eigenvalue weighted by atomic mass is 19.1. The van der Waals surface area contributed by atoms with Crippen molar-refractivity contribution >= 4 is 5.91 Å². The predicted molar refractivity (Wildman–Crippen MR) is 73.1 cm³/mol. The zero-order chi connectivity index (χ0) is 13.7. The number of amides is 1. The number of nitrogens with zero attached hydrogens (tertiary/aromatic N) is 1. The molecule has 0 aliphatic carbocycles. The molecule has 1 aromatic rings. The van der Waals surface area contributed by atoms with E-state index in [-0.39, 0.29) is 11.7 Å². The summed E-state index contributed by atoms with van der Waals surface area (Å²) in [6, 6.07) is 6.15. The molecule has 1 heterocycles. The summed E-state index contributed by atoms with van der Waals surface area (Å²) in [4.78, 5) is 14.1. The van der Waals surface area contributed by atoms with Gasteiger partial charge in [0, 0.05) is 13.1 Å². The Labute approximate surface area is 113 Å². The van der Waals surface area contributed by atoms with Crippen LogP contribution in [0, 0.1) is 11.7 Å². The molecule has 1 aliphatic heterocycles. The van der Waals surface area contributed by atoms with Crippen LogP contribution in [0.25, 0.3) is 0 Å². The molecule has 2 N–H and O–H groups in total. The minimum Gasteiger partial charge on any atom is -0.342 e. The highest BCUT2D eigenvalue weighted by Gasteiger charge is 2.22. The zero-order valence-corrected chi connectivity index (χ0v) is 11.1. The van der Waals surface area contributed by atoms with E-state index in [1.165, 1.54) is 12.1 Å². The fraction of sp³-hybridized carbons (Fsp3) is 0.533. The maximum absolute atomic E-state index is 12.8. The van der Waals surface area contributed by atoms with Gasteiger partial charge in [-0.3, -0.25) is 4.79 Å². The predicted octanol–water partition coefficient (Wildman–Crippen LogP) is 1.96. The summed E-state index contributed by atoms with van der Waals surface area (Å²) < 4.78 is 12.8. The molecule has 1 aromatic carbocycles. The molecule has 3 nitrogen and oxygen atoms in total. The first-order chi connectivity index (χ1) is 9.19. The maximum Gasteiger partial charge on any atom is 0.226 e. The van der Waals surface area contributed by atoms with E-state index in [1.807, 2.05) is 4.90 Å². The van der Waals surface area contributed by atoms with E-state index in [2.05, 4.69) is 0 Å². The number of rotatable bonds is 4. The van der Waals surface area contributed by atoms with Crippen molar-refractivity contribution in [1.29, 1.82) is 0 Å². The lowest BCUT2D eigenvalue weighted by molar-refractivity contribution is -0.132. The van der Waals surface area contributed by atoms with Crippen LogP contribution < -0.4 is 5.73 Å². The second kappa shape index (κ2) is 6.66. The minimum absolute atomic E-state index is 0.133. The molecular formula is C15H21FN2O. The van der Waals surface area contributed by atoms with E-state index < -0.39 is 0 Å². The van der Waals surface area contributed by atoms with Crippen LogP contribution in [0.3, 0.4) is 0 Å². The average Bonchev–Trinajstić information content (AvgIpc) is 2.42. The zero-order valence-electron chi connectivity index (χ0n) is 11.1. The molecular weight excluding hydrogens is 243 g/mol. The average molecular weight is 264 g/mol. The number of piperidine rings is 1. The molecule has 1 amide bonds. The monoisotopic (exact) mass is 264 g/mol. The number of carbonyl (C=O) groups excluding carboxylic acids is 1. The van der Waals surface area contributed by atoms with Gasteiger partial charge in [0.15, 0.2) is 0 Å². The summed E-state index contributed by atoms with van der Waals surface area (Å²) in [6.07, 6.45) is 3.56. The molecule has 104 valence electrons. The molecule has 1 atom stereocenters. The molecule has 0 saturated carbocycles. The number of hydrogen-bond donors (Lipinski definition) is 1. The van der Waals surface area contributed by atoms with E-state index in [0.29, 0.717) is 18.9 Å². The van der Waals surface area contributed by atoms with Gasteiger partial charge in [0.1, 0.15) is 5.82 Å². The van der Waals surface area contributed by atoms with E-state index in [4.69, 9.17) is 5.73 Å². The van der Waals surface area contributed by atoms with Crippen molar-refractivity contribution < 1.29 is 9.18 Å². The standard InChI is InChI=1S/C15H21FN2O/c16-14-5-3-12(4-6-14)10-15(19)18-9-1-2-13(11-18)7-8-17/h3-6,13H,1-2,7-11,17H2. The Morgan fingerprint density at radius 3 is 2.79 bits per heavy atom. The third-order valence-corrected chi connectivity index (χ3v) is 3.72. The molecule has 19 heavy (non-hydrogen) atoms. The first-order valence-electron chi connectivity index (χ1n) is 6.91. The van der Waals surface area contributed by atoms with Crippen molar-refractivity contribution in [2.75, 3.05) is 19.6 Å². The summed E-state index contributed by atoms with van der Waals surface area (Å²) in [5.74, 6) is 0.404. The molecule has 1 fully saturated rings. The van der Waals surface area contributed by atoms with Crippen molar-refractivity contribution in [3.63, 3.8) is 0 Å². The summed E-state index contributed by atoms with van der Waals surface area (Å²) in [5.41, 5.74) is 6.45. The topological polar surface area (TPSA) is 46.3 Å². The highest BCUT2D eigenvalue weighted by Crippen LogP contribution is 2.19. The van der Waals surface area contributed by atoms with Gasteiger partial charge in [0.2, 0.25) is 5.91 Å².